The molecule has 0 amide bonds. The Morgan fingerprint density at radius 3 is 3.04 bits per heavy atom. The summed E-state index contributed by atoms with van der Waals surface area (Å²) < 4.78 is 12.7. The van der Waals surface area contributed by atoms with Crippen LogP contribution in [0.4, 0.5) is 0 Å². The summed E-state index contributed by atoms with van der Waals surface area (Å²) in [6.45, 7) is 7.15. The van der Waals surface area contributed by atoms with E-state index in [-0.39, 0.29) is 6.10 Å². The van der Waals surface area contributed by atoms with E-state index in [1.807, 2.05) is 26.4 Å². The van der Waals surface area contributed by atoms with E-state index in [1.165, 1.54) is 0 Å². The van der Waals surface area contributed by atoms with Crippen LogP contribution in [-0.2, 0) is 18.3 Å². The van der Waals surface area contributed by atoms with E-state index in [9.17, 15) is 0 Å². The molecule has 3 rings (SSSR count). The molecule has 1 aliphatic heterocycles. The van der Waals surface area contributed by atoms with Crippen LogP contribution in [0.2, 0.25) is 0 Å². The van der Waals surface area contributed by atoms with Gasteiger partial charge in [0.25, 0.3) is 0 Å². The summed E-state index contributed by atoms with van der Waals surface area (Å²) >= 11 is 0. The Labute approximate surface area is 140 Å². The van der Waals surface area contributed by atoms with E-state index in [4.69, 9.17) is 9.26 Å². The first-order chi connectivity index (χ1) is 11.7. The number of aryl methyl sites for hydroxylation is 2. The molecule has 0 radical (unpaired) electrons. The lowest BCUT2D eigenvalue weighted by molar-refractivity contribution is -0.00805. The molecule has 0 aromatic carbocycles. The number of morpholine rings is 1. The van der Waals surface area contributed by atoms with Crippen LogP contribution in [0.5, 0.6) is 0 Å². The Hall–Kier alpha value is -2.42. The maximum Gasteiger partial charge on any atom is 0.223 e. The second-order valence-electron chi connectivity index (χ2n) is 5.65. The number of hydrogen-bond acceptors (Lipinski definition) is 6. The Morgan fingerprint density at radius 2 is 2.38 bits per heavy atom. The molecular formula is C15H23N7O2. The minimum Gasteiger partial charge on any atom is -0.370 e. The molecule has 24 heavy (non-hydrogen) atoms. The standard InChI is InChI=1S/C15H23N7O2/c1-4-16-15(17-8-14-19-11(2)24-20-14)22-5-6-23-13(10-22)12-7-18-21(3)9-12/h7,9,13H,4-6,8,10H2,1-3H3,(H,16,17). The van der Waals surface area contributed by atoms with Crippen LogP contribution in [0.15, 0.2) is 21.9 Å². The van der Waals surface area contributed by atoms with E-state index in [0.717, 1.165) is 31.2 Å². The third-order valence-electron chi connectivity index (χ3n) is 3.74. The predicted molar refractivity (Wildman–Crippen MR) is 87.3 cm³/mol. The van der Waals surface area contributed by atoms with Crippen molar-refractivity contribution in [3.8, 4) is 0 Å². The van der Waals surface area contributed by atoms with Gasteiger partial charge in [-0.1, -0.05) is 5.16 Å². The fourth-order valence-corrected chi connectivity index (χ4v) is 2.63. The Balaban J connectivity index is 1.70. The molecule has 0 bridgehead atoms. The predicted octanol–water partition coefficient (Wildman–Crippen LogP) is 0.651. The Kier molecular flexibility index (Phi) is 5.09. The molecule has 1 atom stereocenters. The fourth-order valence-electron chi connectivity index (χ4n) is 2.63. The third kappa shape index (κ3) is 3.91. The molecule has 0 aliphatic carbocycles. The summed E-state index contributed by atoms with van der Waals surface area (Å²) in [5.74, 6) is 1.96. The van der Waals surface area contributed by atoms with Crippen LogP contribution in [0.3, 0.4) is 0 Å². The molecule has 0 saturated carbocycles. The molecule has 9 heteroatoms. The molecule has 1 aliphatic rings. The van der Waals surface area contributed by atoms with Crippen LogP contribution in [0, 0.1) is 6.92 Å². The molecule has 1 fully saturated rings. The van der Waals surface area contributed by atoms with Gasteiger partial charge in [0.1, 0.15) is 12.6 Å². The van der Waals surface area contributed by atoms with Crippen molar-refractivity contribution >= 4 is 5.96 Å². The number of aliphatic imine (C=N–C) groups is 1. The van der Waals surface area contributed by atoms with Gasteiger partial charge in [0.2, 0.25) is 5.89 Å². The van der Waals surface area contributed by atoms with E-state index < -0.39 is 0 Å². The zero-order chi connectivity index (χ0) is 16.9. The molecule has 2 aromatic heterocycles. The van der Waals surface area contributed by atoms with Crippen LogP contribution >= 0.6 is 0 Å². The van der Waals surface area contributed by atoms with Crippen molar-refractivity contribution in [3.05, 3.63) is 29.7 Å². The SMILES string of the molecule is CCNC(=NCc1noc(C)n1)N1CCOC(c2cnn(C)c2)C1. The van der Waals surface area contributed by atoms with Gasteiger partial charge >= 0.3 is 0 Å². The lowest BCUT2D eigenvalue weighted by atomic mass is 10.1. The van der Waals surface area contributed by atoms with Gasteiger partial charge in [0.05, 0.1) is 19.3 Å². The smallest absolute Gasteiger partial charge is 0.223 e. The van der Waals surface area contributed by atoms with Crippen LogP contribution < -0.4 is 5.32 Å². The van der Waals surface area contributed by atoms with Gasteiger partial charge in [-0.05, 0) is 6.92 Å². The minimum absolute atomic E-state index is 0.0104. The highest BCUT2D eigenvalue weighted by atomic mass is 16.5. The molecule has 130 valence electrons. The topological polar surface area (TPSA) is 93.6 Å². The first-order valence-electron chi connectivity index (χ1n) is 8.08. The van der Waals surface area contributed by atoms with Crippen molar-refractivity contribution in [2.75, 3.05) is 26.2 Å². The zero-order valence-corrected chi connectivity index (χ0v) is 14.3. The summed E-state index contributed by atoms with van der Waals surface area (Å²) in [7, 11) is 1.91. The van der Waals surface area contributed by atoms with E-state index in [1.54, 1.807) is 11.6 Å². The number of nitrogens with zero attached hydrogens (tertiary/aromatic N) is 6. The van der Waals surface area contributed by atoms with Crippen molar-refractivity contribution in [1.29, 1.82) is 0 Å². The van der Waals surface area contributed by atoms with Crippen molar-refractivity contribution < 1.29 is 9.26 Å². The maximum absolute atomic E-state index is 5.88. The summed E-state index contributed by atoms with van der Waals surface area (Å²) in [5.41, 5.74) is 1.08. The van der Waals surface area contributed by atoms with Gasteiger partial charge in [0.15, 0.2) is 11.8 Å². The van der Waals surface area contributed by atoms with Crippen molar-refractivity contribution in [3.63, 3.8) is 0 Å². The maximum atomic E-state index is 5.88. The fraction of sp³-hybridized carbons (Fsp3) is 0.600. The van der Waals surface area contributed by atoms with Crippen molar-refractivity contribution in [2.24, 2.45) is 12.0 Å². The first kappa shape index (κ1) is 16.4. The number of aromatic nitrogens is 4. The van der Waals surface area contributed by atoms with Crippen LogP contribution in [0.1, 0.15) is 30.3 Å². The number of rotatable bonds is 4. The van der Waals surface area contributed by atoms with E-state index >= 15 is 0 Å². The highest BCUT2D eigenvalue weighted by Gasteiger charge is 2.25. The van der Waals surface area contributed by atoms with Gasteiger partial charge in [-0.3, -0.25) is 4.68 Å². The molecule has 1 unspecified atom stereocenters. The Morgan fingerprint density at radius 1 is 1.50 bits per heavy atom. The zero-order valence-electron chi connectivity index (χ0n) is 14.3. The van der Waals surface area contributed by atoms with Crippen molar-refractivity contribution in [1.82, 2.24) is 30.1 Å². The summed E-state index contributed by atoms with van der Waals surface area (Å²) in [4.78, 5) is 11.0. The molecule has 0 spiro atoms. The normalized spacial score (nSPS) is 18.9. The molecular weight excluding hydrogens is 310 g/mol. The van der Waals surface area contributed by atoms with Crippen LogP contribution in [-0.4, -0.2) is 57.0 Å². The minimum atomic E-state index is -0.0104. The number of nitrogens with one attached hydrogen (secondary N) is 1. The highest BCUT2D eigenvalue weighted by Crippen LogP contribution is 2.21. The second-order valence-corrected chi connectivity index (χ2v) is 5.65. The second kappa shape index (κ2) is 7.43. The average molecular weight is 333 g/mol. The van der Waals surface area contributed by atoms with Gasteiger partial charge in [0, 0.05) is 38.8 Å². The lowest BCUT2D eigenvalue weighted by Crippen LogP contribution is -2.48. The summed E-state index contributed by atoms with van der Waals surface area (Å²) in [5, 5.41) is 11.4. The largest absolute Gasteiger partial charge is 0.370 e. The monoisotopic (exact) mass is 333 g/mol. The van der Waals surface area contributed by atoms with E-state index in [0.29, 0.717) is 24.9 Å². The summed E-state index contributed by atoms with van der Waals surface area (Å²) in [6, 6.07) is 0. The molecule has 1 saturated heterocycles. The van der Waals surface area contributed by atoms with E-state index in [2.05, 4.69) is 30.4 Å². The number of hydrogen-bond donors (Lipinski definition) is 1. The van der Waals surface area contributed by atoms with Gasteiger partial charge in [-0.2, -0.15) is 10.1 Å². The Bertz CT molecular complexity index is 694. The van der Waals surface area contributed by atoms with Crippen molar-refractivity contribution in [2.45, 2.75) is 26.5 Å². The third-order valence-corrected chi connectivity index (χ3v) is 3.74. The van der Waals surface area contributed by atoms with Gasteiger partial charge in [-0.15, -0.1) is 0 Å². The van der Waals surface area contributed by atoms with Gasteiger partial charge < -0.3 is 19.5 Å². The highest BCUT2D eigenvalue weighted by molar-refractivity contribution is 5.80. The number of ether oxygens (including phenoxy) is 1. The molecule has 1 N–H and O–H groups in total. The van der Waals surface area contributed by atoms with Crippen LogP contribution in [0.25, 0.3) is 0 Å². The van der Waals surface area contributed by atoms with Gasteiger partial charge in [-0.25, -0.2) is 4.99 Å². The summed E-state index contributed by atoms with van der Waals surface area (Å²) in [6.07, 6.45) is 3.82. The quantitative estimate of drug-likeness (QED) is 0.648. The average Bonchev–Trinajstić information content (AvgIpc) is 3.20. The first-order valence-corrected chi connectivity index (χ1v) is 8.08. The number of guanidine groups is 1. The molecule has 2 aromatic rings. The lowest BCUT2D eigenvalue weighted by Gasteiger charge is -2.34. The molecule has 3 heterocycles. The molecule has 9 nitrogen and oxygen atoms in total.